The van der Waals surface area contributed by atoms with E-state index < -0.39 is 42.3 Å². The third kappa shape index (κ3) is 4.73. The lowest BCUT2D eigenvalue weighted by molar-refractivity contribution is -0.154. The Morgan fingerprint density at radius 2 is 1.62 bits per heavy atom. The van der Waals surface area contributed by atoms with Crippen LogP contribution in [0, 0.1) is 5.41 Å². The third-order valence-electron chi connectivity index (χ3n) is 6.74. The second-order valence-electron chi connectivity index (χ2n) is 8.83. The predicted molar refractivity (Wildman–Crippen MR) is 120 cm³/mol. The molecule has 3 N–H and O–H groups in total. The molecule has 1 atom stereocenters. The summed E-state index contributed by atoms with van der Waals surface area (Å²) in [6, 6.07) is 13.7. The van der Waals surface area contributed by atoms with Crippen LogP contribution in [-0.2, 0) is 14.3 Å². The zero-order chi connectivity index (χ0) is 24.3. The molecular weight excluding hydrogens is 446 g/mol. The van der Waals surface area contributed by atoms with Crippen LogP contribution in [0.5, 0.6) is 0 Å². The largest absolute Gasteiger partial charge is 0.481 e. The van der Waals surface area contributed by atoms with Gasteiger partial charge in [-0.1, -0.05) is 55.0 Å². The molecule has 34 heavy (non-hydrogen) atoms. The minimum absolute atomic E-state index is 0.0385. The molecule has 2 aliphatic carbocycles. The normalized spacial score (nSPS) is 16.7. The Balaban J connectivity index is 1.32. The second kappa shape index (κ2) is 9.79. The fourth-order valence-electron chi connectivity index (χ4n) is 4.60. The summed E-state index contributed by atoms with van der Waals surface area (Å²) in [6.07, 6.45) is -3.12. The summed E-state index contributed by atoms with van der Waals surface area (Å²) >= 11 is 0. The summed E-state index contributed by atoms with van der Waals surface area (Å²) in [7, 11) is 0. The monoisotopic (exact) mass is 472 g/mol. The maximum atomic E-state index is 13.5. The Labute approximate surface area is 195 Å². The lowest BCUT2D eigenvalue weighted by Crippen LogP contribution is -2.49. The van der Waals surface area contributed by atoms with E-state index in [1.54, 1.807) is 0 Å². The minimum atomic E-state index is -3.00. The van der Waals surface area contributed by atoms with E-state index in [-0.39, 0.29) is 19.1 Å². The van der Waals surface area contributed by atoms with E-state index in [1.165, 1.54) is 0 Å². The van der Waals surface area contributed by atoms with Gasteiger partial charge in [0.25, 0.3) is 6.43 Å². The molecule has 2 aliphatic rings. The Morgan fingerprint density at radius 1 is 1.03 bits per heavy atom. The van der Waals surface area contributed by atoms with Gasteiger partial charge in [-0.25, -0.2) is 13.6 Å². The first-order chi connectivity index (χ1) is 16.3. The lowest BCUT2D eigenvalue weighted by atomic mass is 9.69. The van der Waals surface area contributed by atoms with Crippen LogP contribution in [0.3, 0.4) is 0 Å². The van der Waals surface area contributed by atoms with Gasteiger partial charge < -0.3 is 20.5 Å². The Hall–Kier alpha value is -3.49. The predicted octanol–water partition coefficient (Wildman–Crippen LogP) is 3.92. The molecule has 0 spiro atoms. The average Bonchev–Trinajstić information content (AvgIpc) is 3.10. The second-order valence-corrected chi connectivity index (χ2v) is 8.83. The Morgan fingerprint density at radius 3 is 2.12 bits per heavy atom. The minimum Gasteiger partial charge on any atom is -0.481 e. The molecule has 0 saturated heterocycles. The number of hydrogen-bond donors (Lipinski definition) is 3. The maximum Gasteiger partial charge on any atom is 0.407 e. The number of hydrogen-bond acceptors (Lipinski definition) is 4. The fraction of sp³-hybridized carbons (Fsp3) is 0.400. The molecule has 180 valence electrons. The van der Waals surface area contributed by atoms with Gasteiger partial charge in [0.05, 0.1) is 11.8 Å². The quantitative estimate of drug-likeness (QED) is 0.513. The molecule has 2 amide bonds. The van der Waals surface area contributed by atoms with Crippen molar-refractivity contribution in [2.45, 2.75) is 44.1 Å². The smallest absolute Gasteiger partial charge is 0.407 e. The fourth-order valence-corrected chi connectivity index (χ4v) is 4.60. The highest BCUT2D eigenvalue weighted by Crippen LogP contribution is 2.44. The standard InChI is InChI=1S/C25H26F2N2O5/c26-22(27)20(12-21(30)28-14-25(23(31)32)10-5-11-25)29-24(33)34-13-19-17-8-3-1-6-15(17)16-7-2-4-9-18(16)19/h1-4,6-9,19-20,22H,5,10-14H2,(H,28,30)(H,29,33)(H,31,32). The SMILES string of the molecule is O=C(CC(NC(=O)OCC1c2ccccc2-c2ccccc21)C(F)F)NCC1(C(=O)O)CCC1. The van der Waals surface area contributed by atoms with Crippen LogP contribution in [0.25, 0.3) is 11.1 Å². The Kier molecular flexibility index (Phi) is 6.81. The number of rotatable bonds is 9. The molecule has 0 aromatic heterocycles. The first kappa shape index (κ1) is 23.7. The number of amides is 2. The van der Waals surface area contributed by atoms with Crippen LogP contribution in [0.15, 0.2) is 48.5 Å². The number of carboxylic acids is 1. The molecule has 9 heteroatoms. The molecule has 2 aromatic carbocycles. The molecule has 1 saturated carbocycles. The Bertz CT molecular complexity index is 1040. The molecule has 0 aliphatic heterocycles. The number of nitrogens with one attached hydrogen (secondary N) is 2. The number of aliphatic carboxylic acids is 1. The van der Waals surface area contributed by atoms with Crippen LogP contribution in [0.1, 0.15) is 42.7 Å². The van der Waals surface area contributed by atoms with E-state index in [2.05, 4.69) is 10.6 Å². The summed E-state index contributed by atoms with van der Waals surface area (Å²) in [5.41, 5.74) is 3.03. The summed E-state index contributed by atoms with van der Waals surface area (Å²) in [5, 5.41) is 13.8. The number of alkyl halides is 2. The molecule has 7 nitrogen and oxygen atoms in total. The highest BCUT2D eigenvalue weighted by molar-refractivity contribution is 5.81. The van der Waals surface area contributed by atoms with Crippen LogP contribution in [-0.4, -0.2) is 48.7 Å². The molecule has 2 aromatic rings. The van der Waals surface area contributed by atoms with Crippen molar-refractivity contribution in [2.75, 3.05) is 13.2 Å². The number of benzene rings is 2. The van der Waals surface area contributed by atoms with Crippen LogP contribution < -0.4 is 10.6 Å². The van der Waals surface area contributed by atoms with Crippen molar-refractivity contribution in [3.05, 3.63) is 59.7 Å². The molecule has 1 unspecified atom stereocenters. The molecule has 4 rings (SSSR count). The topological polar surface area (TPSA) is 105 Å². The molecule has 1 fully saturated rings. The summed E-state index contributed by atoms with van der Waals surface area (Å²) < 4.78 is 32.3. The molecular formula is C25H26F2N2O5. The number of fused-ring (bicyclic) bond motifs is 3. The van der Waals surface area contributed by atoms with E-state index in [1.807, 2.05) is 48.5 Å². The van der Waals surface area contributed by atoms with Gasteiger partial charge in [-0.3, -0.25) is 9.59 Å². The van der Waals surface area contributed by atoms with Crippen molar-refractivity contribution < 1.29 is 33.0 Å². The van der Waals surface area contributed by atoms with E-state index in [9.17, 15) is 28.3 Å². The van der Waals surface area contributed by atoms with Crippen molar-refractivity contribution in [2.24, 2.45) is 5.41 Å². The van der Waals surface area contributed by atoms with Crippen LogP contribution >= 0.6 is 0 Å². The number of carboxylic acid groups (broad SMARTS) is 1. The summed E-state index contributed by atoms with van der Waals surface area (Å²) in [5.74, 6) is -1.99. The molecule has 0 radical (unpaired) electrons. The van der Waals surface area contributed by atoms with Crippen molar-refractivity contribution in [3.8, 4) is 11.1 Å². The summed E-state index contributed by atoms with van der Waals surface area (Å²) in [4.78, 5) is 35.8. The number of alkyl carbamates (subject to hydrolysis) is 1. The van der Waals surface area contributed by atoms with Gasteiger partial charge in [0.15, 0.2) is 0 Å². The third-order valence-corrected chi connectivity index (χ3v) is 6.74. The van der Waals surface area contributed by atoms with Crippen molar-refractivity contribution in [1.29, 1.82) is 0 Å². The summed E-state index contributed by atoms with van der Waals surface area (Å²) in [6.45, 7) is -0.161. The number of carbonyl (C=O) groups is 3. The average molecular weight is 472 g/mol. The van der Waals surface area contributed by atoms with Crippen LogP contribution in [0.4, 0.5) is 13.6 Å². The van der Waals surface area contributed by atoms with E-state index >= 15 is 0 Å². The van der Waals surface area contributed by atoms with Crippen LogP contribution in [0.2, 0.25) is 0 Å². The van der Waals surface area contributed by atoms with Gasteiger partial charge in [0.1, 0.15) is 12.6 Å². The van der Waals surface area contributed by atoms with E-state index in [0.29, 0.717) is 12.8 Å². The van der Waals surface area contributed by atoms with Gasteiger partial charge in [-0.15, -0.1) is 0 Å². The first-order valence-electron chi connectivity index (χ1n) is 11.2. The zero-order valence-corrected chi connectivity index (χ0v) is 18.4. The zero-order valence-electron chi connectivity index (χ0n) is 18.4. The molecule has 0 bridgehead atoms. The highest BCUT2D eigenvalue weighted by Gasteiger charge is 2.44. The highest BCUT2D eigenvalue weighted by atomic mass is 19.3. The van der Waals surface area contributed by atoms with E-state index in [0.717, 1.165) is 28.7 Å². The number of carbonyl (C=O) groups excluding carboxylic acids is 2. The maximum absolute atomic E-state index is 13.5. The molecule has 0 heterocycles. The van der Waals surface area contributed by atoms with Gasteiger partial charge in [0, 0.05) is 12.5 Å². The van der Waals surface area contributed by atoms with Gasteiger partial charge in [0.2, 0.25) is 5.91 Å². The van der Waals surface area contributed by atoms with Crippen molar-refractivity contribution in [1.82, 2.24) is 10.6 Å². The van der Waals surface area contributed by atoms with Gasteiger partial charge >= 0.3 is 12.1 Å². The number of halogens is 2. The lowest BCUT2D eigenvalue weighted by Gasteiger charge is -2.37. The number of ether oxygens (including phenoxy) is 1. The van der Waals surface area contributed by atoms with Gasteiger partial charge in [-0.05, 0) is 35.1 Å². The van der Waals surface area contributed by atoms with Gasteiger partial charge in [-0.2, -0.15) is 0 Å². The first-order valence-corrected chi connectivity index (χ1v) is 11.2. The van der Waals surface area contributed by atoms with Crippen molar-refractivity contribution in [3.63, 3.8) is 0 Å². The van der Waals surface area contributed by atoms with E-state index in [4.69, 9.17) is 4.74 Å². The van der Waals surface area contributed by atoms with Crippen molar-refractivity contribution >= 4 is 18.0 Å².